The molecule has 0 amide bonds. The van der Waals surface area contributed by atoms with E-state index in [0.29, 0.717) is 0 Å². The minimum absolute atomic E-state index is 0.196. The van der Waals surface area contributed by atoms with Crippen LogP contribution in [0.15, 0.2) is 395 Å². The van der Waals surface area contributed by atoms with Crippen LogP contribution < -0.4 is 0 Å². The molecule has 12 saturated carbocycles. The number of benzene rings is 18. The van der Waals surface area contributed by atoms with E-state index in [4.69, 9.17) is 13.3 Å². The third-order valence-electron chi connectivity index (χ3n) is 39.5. The number of hydrogen-bond donors (Lipinski definition) is 0. The highest BCUT2D eigenvalue weighted by Gasteiger charge is 2.65. The first kappa shape index (κ1) is 80.3. The summed E-state index contributed by atoms with van der Waals surface area (Å²) in [6.07, 6.45) is 21.4. The quantitative estimate of drug-likeness (QED) is 0.167. The average Bonchev–Trinajstić information content (AvgIpc) is 1.51. The highest BCUT2D eigenvalue weighted by molar-refractivity contribution is 6.20. The summed E-state index contributed by atoms with van der Waals surface area (Å²) in [5.74, 6) is 10.4. The Labute approximate surface area is 835 Å². The lowest BCUT2D eigenvalue weighted by molar-refractivity contribution is -0.0399. The lowest BCUT2D eigenvalue weighted by Crippen LogP contribution is -2.55. The van der Waals surface area contributed by atoms with Crippen molar-refractivity contribution in [2.24, 2.45) is 71.0 Å². The van der Waals surface area contributed by atoms with Gasteiger partial charge in [0.2, 0.25) is 0 Å². The van der Waals surface area contributed by atoms with Crippen LogP contribution in [0, 0.1) is 71.0 Å². The number of rotatable bonds is 6. The second kappa shape index (κ2) is 29.5. The lowest BCUT2D eigenvalue weighted by Gasteiger charge is -2.61. The van der Waals surface area contributed by atoms with Crippen LogP contribution in [0.1, 0.15) is 130 Å². The van der Waals surface area contributed by atoms with Crippen molar-refractivity contribution in [2.45, 2.75) is 113 Å². The molecule has 6 nitrogen and oxygen atoms in total. The minimum atomic E-state index is 0.196. The molecular formula is C138H105N3O3. The smallest absolute Gasteiger partial charge is 0.136 e. The van der Waals surface area contributed by atoms with Crippen molar-refractivity contribution >= 4 is 131 Å². The molecule has 15 aliphatic rings. The Morgan fingerprint density at radius 1 is 0.167 bits per heavy atom. The molecule has 18 aromatic carbocycles. The maximum atomic E-state index is 6.34. The zero-order valence-corrected chi connectivity index (χ0v) is 80.5. The second-order valence-corrected chi connectivity index (χ2v) is 45.9. The third-order valence-corrected chi connectivity index (χ3v) is 39.5. The summed E-state index contributed by atoms with van der Waals surface area (Å²) in [5.41, 5.74) is 43.3. The first-order valence-corrected chi connectivity index (χ1v) is 53.8. The van der Waals surface area contributed by atoms with Gasteiger partial charge >= 0.3 is 0 Å². The summed E-state index contributed by atoms with van der Waals surface area (Å²) in [6.45, 7) is 0. The van der Waals surface area contributed by atoms with E-state index in [1.807, 2.05) is 18.2 Å². The van der Waals surface area contributed by atoms with Gasteiger partial charge in [-0.3, -0.25) is 0 Å². The van der Waals surface area contributed by atoms with E-state index < -0.39 is 0 Å². The van der Waals surface area contributed by atoms with Gasteiger partial charge in [-0.05, 0) is 395 Å². The maximum Gasteiger partial charge on any atom is 0.136 e. The Morgan fingerprint density at radius 3 is 0.931 bits per heavy atom. The van der Waals surface area contributed by atoms with Gasteiger partial charge in [0.05, 0.1) is 33.1 Å². The zero-order chi connectivity index (χ0) is 93.4. The highest BCUT2D eigenvalue weighted by Crippen LogP contribution is 2.74. The fourth-order valence-corrected chi connectivity index (χ4v) is 35.2. The molecule has 6 heteroatoms. The van der Waals surface area contributed by atoms with Crippen LogP contribution in [0.25, 0.3) is 215 Å². The van der Waals surface area contributed by atoms with Crippen LogP contribution in [-0.4, -0.2) is 13.7 Å². The van der Waals surface area contributed by atoms with Crippen molar-refractivity contribution in [2.75, 3.05) is 0 Å². The fraction of sp³-hybridized carbons (Fsp3) is 0.217. The van der Waals surface area contributed by atoms with Gasteiger partial charge in [0.15, 0.2) is 0 Å². The Morgan fingerprint density at radius 2 is 0.458 bits per heavy atom. The molecule has 0 atom stereocenters. The van der Waals surface area contributed by atoms with Gasteiger partial charge in [0, 0.05) is 97.9 Å². The van der Waals surface area contributed by atoms with Gasteiger partial charge in [-0.2, -0.15) is 0 Å². The van der Waals surface area contributed by atoms with E-state index in [0.717, 1.165) is 105 Å². The van der Waals surface area contributed by atoms with E-state index in [-0.39, 0.29) is 16.2 Å². The number of para-hydroxylation sites is 6. The molecule has 24 aromatic rings. The highest BCUT2D eigenvalue weighted by atomic mass is 16.3. The topological polar surface area (TPSA) is 54.2 Å². The van der Waals surface area contributed by atoms with Gasteiger partial charge in [-0.1, -0.05) is 255 Å². The van der Waals surface area contributed by atoms with Crippen LogP contribution in [0.3, 0.4) is 0 Å². The number of nitrogens with zero attached hydrogens (tertiary/aromatic N) is 3. The number of fused-ring (bicyclic) bond motifs is 27. The normalized spacial score (nSPS) is 25.2. The first-order chi connectivity index (χ1) is 71.3. The zero-order valence-electron chi connectivity index (χ0n) is 80.5. The summed E-state index contributed by atoms with van der Waals surface area (Å²) < 4.78 is 26.3. The van der Waals surface area contributed by atoms with Crippen molar-refractivity contribution in [1.82, 2.24) is 13.7 Å². The summed E-state index contributed by atoms with van der Waals surface area (Å²) in [4.78, 5) is 0. The maximum absolute atomic E-state index is 6.34. The molecule has 0 unspecified atom stereocenters. The van der Waals surface area contributed by atoms with Crippen LogP contribution >= 0.6 is 0 Å². The summed E-state index contributed by atoms with van der Waals surface area (Å²) in [5, 5.41) is 14.8. The van der Waals surface area contributed by atoms with Crippen molar-refractivity contribution in [3.05, 3.63) is 416 Å². The van der Waals surface area contributed by atoms with Crippen molar-refractivity contribution in [3.63, 3.8) is 0 Å². The Balaban J connectivity index is 0.0000000932. The van der Waals surface area contributed by atoms with Crippen LogP contribution in [0.5, 0.6) is 0 Å². The van der Waals surface area contributed by atoms with E-state index in [1.165, 1.54) is 278 Å². The average molecular weight is 1850 g/mol. The molecule has 144 heavy (non-hydrogen) atoms. The molecule has 0 saturated heterocycles. The molecule has 3 spiro atoms. The van der Waals surface area contributed by atoms with Crippen LogP contribution in [0.2, 0.25) is 0 Å². The molecule has 690 valence electrons. The van der Waals surface area contributed by atoms with Gasteiger partial charge in [0.25, 0.3) is 0 Å². The molecule has 15 aliphatic carbocycles. The number of hydrogen-bond acceptors (Lipinski definition) is 3. The lowest BCUT2D eigenvalue weighted by atomic mass is 9.43. The molecule has 0 radical (unpaired) electrons. The Kier molecular flexibility index (Phi) is 16.5. The van der Waals surface area contributed by atoms with Gasteiger partial charge in [-0.15, -0.1) is 0 Å². The molecule has 0 N–H and O–H groups in total. The SMILES string of the molecule is c1ccc2c(c1)-c1cc(-n3c4ccccc4c4c(-c5ccc6c(c5)oc5ccccc56)cccc43)ccc1C21C2CC3CC(C2)CC1C3.c1ccc2c(c1)-c1cc(-n3c4ccccc4c4c(-c5ccc6oc7ccccc7c6c5)cccc43)ccc1C21C2CC3CC(C2)CC1C3.c1ccc2c(c1)-c1cc(-n3c4ccccc4c4cc(-c5cccc6oc7ccccc7c56)ccc43)ccc1C21C2CC3CC(C2)CC1C3. The van der Waals surface area contributed by atoms with Crippen LogP contribution in [-0.2, 0) is 16.2 Å². The predicted octanol–water partition coefficient (Wildman–Crippen LogP) is 36.2. The fourth-order valence-electron chi connectivity index (χ4n) is 35.2. The molecule has 12 fully saturated rings. The summed E-state index contributed by atoms with van der Waals surface area (Å²) >= 11 is 0. The Bertz CT molecular complexity index is 9610. The van der Waals surface area contributed by atoms with E-state index in [9.17, 15) is 0 Å². The minimum Gasteiger partial charge on any atom is -0.456 e. The predicted molar refractivity (Wildman–Crippen MR) is 590 cm³/mol. The first-order valence-electron chi connectivity index (χ1n) is 53.8. The number of aromatic nitrogens is 3. The van der Waals surface area contributed by atoms with Gasteiger partial charge < -0.3 is 27.0 Å². The third kappa shape index (κ3) is 10.8. The van der Waals surface area contributed by atoms with Gasteiger partial charge in [-0.25, -0.2) is 0 Å². The van der Waals surface area contributed by atoms with Gasteiger partial charge in [0.1, 0.15) is 33.5 Å². The second-order valence-electron chi connectivity index (χ2n) is 45.9. The van der Waals surface area contributed by atoms with Crippen molar-refractivity contribution in [3.8, 4) is 83.8 Å². The molecule has 6 aromatic heterocycles. The largest absolute Gasteiger partial charge is 0.456 e. The molecule has 0 aliphatic heterocycles. The monoisotopic (exact) mass is 1850 g/mol. The number of furan rings is 3. The van der Waals surface area contributed by atoms with Crippen molar-refractivity contribution < 1.29 is 13.3 Å². The van der Waals surface area contributed by atoms with Crippen LogP contribution in [0.4, 0.5) is 0 Å². The van der Waals surface area contributed by atoms with E-state index in [1.54, 1.807) is 33.4 Å². The van der Waals surface area contributed by atoms with E-state index >= 15 is 0 Å². The molecule has 6 heterocycles. The van der Waals surface area contributed by atoms with Crippen molar-refractivity contribution in [1.29, 1.82) is 0 Å². The molecular weight excluding hydrogens is 1750 g/mol. The summed E-state index contributed by atoms with van der Waals surface area (Å²) in [7, 11) is 0. The van der Waals surface area contributed by atoms with E-state index in [2.05, 4.69) is 378 Å². The molecule has 12 bridgehead atoms. The Hall–Kier alpha value is -15.2. The summed E-state index contributed by atoms with van der Waals surface area (Å²) in [6, 6.07) is 143. The standard InChI is InChI=1S/3C46H35NO/c1-4-12-39-34(8-1)37-26-32(17-18-40(37)46(39)30-21-27-20-28(23-30)24-31(46)22-27)47-41-13-5-2-10-36(41)45-33(11-7-14-42(45)47)29-16-19-44-38(25-29)35-9-3-6-15-43(35)48-44;1-4-12-39-34(8-1)38-26-32(17-19-40(38)46(39)30-21-27-20-28(23-30)24-31(46)22-27)47-41-13-5-2-10-37(41)45-33(11-7-14-42(45)47)29-16-18-36-35-9-3-6-15-43(35)48-44(36)25-29;1-4-12-39-34(8-1)37-26-32(17-18-40(37)46(39)30-21-27-20-28(23-30)24-31(46)22-27)47-41-13-5-2-9-35(41)38-25-29(16-19-42(38)47)33-11-7-15-44-45(33)36-10-3-6-14-43(36)48-44/h3*1-19,25-28,30-31H,20-24H2. The molecule has 39 rings (SSSR count).